The Morgan fingerprint density at radius 3 is 2.90 bits per heavy atom. The second-order valence-corrected chi connectivity index (χ2v) is 6.29. The summed E-state index contributed by atoms with van der Waals surface area (Å²) in [5, 5.41) is 12.6. The number of hydrogen-bond acceptors (Lipinski definition) is 4. The molecule has 1 aliphatic rings. The number of para-hydroxylation sites is 1. The lowest BCUT2D eigenvalue weighted by molar-refractivity contribution is -0.151. The molecule has 1 saturated heterocycles. The predicted molar refractivity (Wildman–Crippen MR) is 82.6 cm³/mol. The molecule has 1 unspecified atom stereocenters. The molecule has 0 aromatic heterocycles. The fourth-order valence-electron chi connectivity index (χ4n) is 2.59. The van der Waals surface area contributed by atoms with Gasteiger partial charge in [-0.3, -0.25) is 9.69 Å². The van der Waals surface area contributed by atoms with Crippen molar-refractivity contribution in [3.05, 3.63) is 29.3 Å². The molecule has 0 bridgehead atoms. The van der Waals surface area contributed by atoms with Crippen molar-refractivity contribution < 1.29 is 14.6 Å². The summed E-state index contributed by atoms with van der Waals surface area (Å²) in [7, 11) is 0. The van der Waals surface area contributed by atoms with Gasteiger partial charge in [-0.1, -0.05) is 23.7 Å². The standard InChI is InChI=1S/C15H21ClN2O3/c1-15(2)10-18(7-11(9-19)21-15)8-14(20)17-13-6-4-3-5-12(13)16/h3-6,11,19H,7-10H2,1-2H3,(H,17,20). The van der Waals surface area contributed by atoms with Gasteiger partial charge in [-0.2, -0.15) is 0 Å². The molecule has 0 aliphatic carbocycles. The highest BCUT2D eigenvalue weighted by molar-refractivity contribution is 6.33. The van der Waals surface area contributed by atoms with Crippen LogP contribution in [0.1, 0.15) is 13.8 Å². The lowest BCUT2D eigenvalue weighted by atomic mass is 10.1. The molecule has 6 heteroatoms. The topological polar surface area (TPSA) is 61.8 Å². The first kappa shape index (κ1) is 16.2. The summed E-state index contributed by atoms with van der Waals surface area (Å²) in [6.45, 7) is 5.28. The molecule has 1 atom stereocenters. The number of halogens is 1. The van der Waals surface area contributed by atoms with E-state index < -0.39 is 0 Å². The number of nitrogens with zero attached hydrogens (tertiary/aromatic N) is 1. The van der Waals surface area contributed by atoms with Gasteiger partial charge < -0.3 is 15.2 Å². The predicted octanol–water partition coefficient (Wildman–Crippen LogP) is 1.75. The van der Waals surface area contributed by atoms with Crippen LogP contribution >= 0.6 is 11.6 Å². The maximum Gasteiger partial charge on any atom is 0.238 e. The molecule has 1 aromatic carbocycles. The van der Waals surface area contributed by atoms with E-state index in [0.717, 1.165) is 0 Å². The number of amides is 1. The summed E-state index contributed by atoms with van der Waals surface area (Å²) in [4.78, 5) is 14.1. The van der Waals surface area contributed by atoms with E-state index >= 15 is 0 Å². The van der Waals surface area contributed by atoms with Crippen LogP contribution in [0, 0.1) is 0 Å². The van der Waals surface area contributed by atoms with E-state index in [0.29, 0.717) is 23.8 Å². The number of anilines is 1. The number of aliphatic hydroxyl groups excluding tert-OH is 1. The summed E-state index contributed by atoms with van der Waals surface area (Å²) < 4.78 is 5.73. The van der Waals surface area contributed by atoms with Crippen molar-refractivity contribution in [2.75, 3.05) is 31.6 Å². The number of carbonyl (C=O) groups excluding carboxylic acids is 1. The Labute approximate surface area is 129 Å². The molecular formula is C15H21ClN2O3. The SMILES string of the molecule is CC1(C)CN(CC(=O)Nc2ccccc2Cl)CC(CO)O1. The average molecular weight is 313 g/mol. The number of nitrogens with one attached hydrogen (secondary N) is 1. The van der Waals surface area contributed by atoms with Crippen molar-refractivity contribution >= 4 is 23.2 Å². The maximum atomic E-state index is 12.1. The van der Waals surface area contributed by atoms with Gasteiger partial charge in [-0.15, -0.1) is 0 Å². The Morgan fingerprint density at radius 2 is 2.24 bits per heavy atom. The fourth-order valence-corrected chi connectivity index (χ4v) is 2.77. The third-order valence-corrected chi connectivity index (χ3v) is 3.60. The molecule has 21 heavy (non-hydrogen) atoms. The lowest BCUT2D eigenvalue weighted by Gasteiger charge is -2.42. The molecule has 1 fully saturated rings. The summed E-state index contributed by atoms with van der Waals surface area (Å²) in [5.41, 5.74) is 0.228. The molecule has 2 rings (SSSR count). The van der Waals surface area contributed by atoms with E-state index in [9.17, 15) is 9.90 Å². The molecule has 116 valence electrons. The van der Waals surface area contributed by atoms with E-state index in [1.165, 1.54) is 0 Å². The highest BCUT2D eigenvalue weighted by Crippen LogP contribution is 2.22. The average Bonchev–Trinajstić information content (AvgIpc) is 2.39. The van der Waals surface area contributed by atoms with Gasteiger partial charge in [0.15, 0.2) is 0 Å². The summed E-state index contributed by atoms with van der Waals surface area (Å²) in [6, 6.07) is 7.13. The zero-order valence-corrected chi connectivity index (χ0v) is 13.1. The van der Waals surface area contributed by atoms with Crippen LogP contribution in [0.4, 0.5) is 5.69 Å². The molecule has 5 nitrogen and oxygen atoms in total. The largest absolute Gasteiger partial charge is 0.394 e. The molecular weight excluding hydrogens is 292 g/mol. The number of aliphatic hydroxyl groups is 1. The van der Waals surface area contributed by atoms with Crippen molar-refractivity contribution in [3.8, 4) is 0 Å². The number of rotatable bonds is 4. The summed E-state index contributed by atoms with van der Waals surface area (Å²) in [5.74, 6) is -0.127. The Hall–Kier alpha value is -1.14. The van der Waals surface area contributed by atoms with Crippen LogP contribution in [-0.4, -0.2) is 53.9 Å². The van der Waals surface area contributed by atoms with Gasteiger partial charge in [0.05, 0.1) is 35.6 Å². The first-order chi connectivity index (χ1) is 9.89. The van der Waals surface area contributed by atoms with Gasteiger partial charge in [0.2, 0.25) is 5.91 Å². The third-order valence-electron chi connectivity index (χ3n) is 3.27. The Balaban J connectivity index is 1.94. The van der Waals surface area contributed by atoms with Crippen molar-refractivity contribution in [2.24, 2.45) is 0 Å². The quantitative estimate of drug-likeness (QED) is 0.889. The fraction of sp³-hybridized carbons (Fsp3) is 0.533. The van der Waals surface area contributed by atoms with Crippen molar-refractivity contribution in [1.82, 2.24) is 4.90 Å². The van der Waals surface area contributed by atoms with Crippen LogP contribution in [-0.2, 0) is 9.53 Å². The maximum absolute atomic E-state index is 12.1. The van der Waals surface area contributed by atoms with E-state index in [2.05, 4.69) is 5.32 Å². The van der Waals surface area contributed by atoms with Crippen LogP contribution in [0.25, 0.3) is 0 Å². The first-order valence-corrected chi connectivity index (χ1v) is 7.33. The molecule has 0 spiro atoms. The normalized spacial score (nSPS) is 22.0. The summed E-state index contributed by atoms with van der Waals surface area (Å²) in [6.07, 6.45) is -0.262. The van der Waals surface area contributed by atoms with Gasteiger partial charge >= 0.3 is 0 Å². The zero-order chi connectivity index (χ0) is 15.5. The minimum Gasteiger partial charge on any atom is -0.394 e. The van der Waals surface area contributed by atoms with Crippen molar-refractivity contribution in [1.29, 1.82) is 0 Å². The van der Waals surface area contributed by atoms with E-state index in [4.69, 9.17) is 16.3 Å². The molecule has 1 aromatic rings. The second kappa shape index (κ2) is 6.75. The molecule has 2 N–H and O–H groups in total. The van der Waals surface area contributed by atoms with Crippen LogP contribution in [0.5, 0.6) is 0 Å². The van der Waals surface area contributed by atoms with Crippen molar-refractivity contribution in [2.45, 2.75) is 25.6 Å². The van der Waals surface area contributed by atoms with E-state index in [1.807, 2.05) is 30.9 Å². The third kappa shape index (κ3) is 4.68. The Morgan fingerprint density at radius 1 is 1.52 bits per heavy atom. The Bertz CT molecular complexity index is 507. The molecule has 0 saturated carbocycles. The Kier molecular flexibility index (Phi) is 5.22. The highest BCUT2D eigenvalue weighted by Gasteiger charge is 2.33. The van der Waals surface area contributed by atoms with Crippen LogP contribution in [0.2, 0.25) is 5.02 Å². The van der Waals surface area contributed by atoms with Gasteiger partial charge in [0, 0.05) is 13.1 Å². The summed E-state index contributed by atoms with van der Waals surface area (Å²) >= 11 is 6.02. The van der Waals surface area contributed by atoms with Crippen LogP contribution in [0.15, 0.2) is 24.3 Å². The van der Waals surface area contributed by atoms with Crippen molar-refractivity contribution in [3.63, 3.8) is 0 Å². The van der Waals surface area contributed by atoms with Crippen LogP contribution in [0.3, 0.4) is 0 Å². The number of ether oxygens (including phenoxy) is 1. The van der Waals surface area contributed by atoms with Gasteiger partial charge in [-0.25, -0.2) is 0 Å². The van der Waals surface area contributed by atoms with E-state index in [-0.39, 0.29) is 30.8 Å². The number of benzene rings is 1. The minimum absolute atomic E-state index is 0.0495. The lowest BCUT2D eigenvalue weighted by Crippen LogP contribution is -2.55. The minimum atomic E-state index is -0.379. The number of hydrogen-bond donors (Lipinski definition) is 2. The first-order valence-electron chi connectivity index (χ1n) is 6.95. The molecule has 1 aliphatic heterocycles. The molecule has 1 heterocycles. The number of morpholine rings is 1. The number of carbonyl (C=O) groups is 1. The molecule has 1 amide bonds. The van der Waals surface area contributed by atoms with Gasteiger partial charge in [-0.05, 0) is 26.0 Å². The van der Waals surface area contributed by atoms with Gasteiger partial charge in [0.1, 0.15) is 0 Å². The monoisotopic (exact) mass is 312 g/mol. The highest BCUT2D eigenvalue weighted by atomic mass is 35.5. The van der Waals surface area contributed by atoms with Crippen LogP contribution < -0.4 is 5.32 Å². The molecule has 0 radical (unpaired) electrons. The second-order valence-electron chi connectivity index (χ2n) is 5.88. The zero-order valence-electron chi connectivity index (χ0n) is 12.3. The van der Waals surface area contributed by atoms with E-state index in [1.54, 1.807) is 12.1 Å². The van der Waals surface area contributed by atoms with Gasteiger partial charge in [0.25, 0.3) is 0 Å². The smallest absolute Gasteiger partial charge is 0.238 e.